The number of aliphatic hydroxyl groups excluding tert-OH is 1. The summed E-state index contributed by atoms with van der Waals surface area (Å²) in [5.74, 6) is 0.609. The van der Waals surface area contributed by atoms with Crippen molar-refractivity contribution in [2.75, 3.05) is 46.6 Å². The summed E-state index contributed by atoms with van der Waals surface area (Å²) in [6.45, 7) is 4.58. The monoisotopic (exact) mass is 374 g/mol. The van der Waals surface area contributed by atoms with E-state index in [1.807, 2.05) is 6.92 Å². The zero-order chi connectivity index (χ0) is 18.5. The highest BCUT2D eigenvalue weighted by Crippen LogP contribution is 2.32. The molecule has 9 heteroatoms. The van der Waals surface area contributed by atoms with E-state index < -0.39 is 6.09 Å². The standard InChI is InChI=1S/C16H27N2O6P/c1-12-9-13(11-19)15(14(10-12)21-2)24-16(20)17-3-5-22-7-8-23-6-4-18-25/h9-10,18-19H,3-8,11,25H2,1-2H3,(H,17,20). The first-order valence-corrected chi connectivity index (χ1v) is 8.53. The minimum atomic E-state index is -0.636. The van der Waals surface area contributed by atoms with Gasteiger partial charge in [0, 0.05) is 18.7 Å². The molecule has 0 radical (unpaired) electrons. The van der Waals surface area contributed by atoms with E-state index in [0.29, 0.717) is 44.3 Å². The van der Waals surface area contributed by atoms with Crippen LogP contribution in [0.25, 0.3) is 0 Å². The Morgan fingerprint density at radius 3 is 2.44 bits per heavy atom. The molecule has 0 fully saturated rings. The second-order valence-corrected chi connectivity index (χ2v) is 5.52. The average Bonchev–Trinajstić information content (AvgIpc) is 2.61. The number of aliphatic hydroxyl groups is 1. The van der Waals surface area contributed by atoms with Crippen molar-refractivity contribution in [2.45, 2.75) is 13.5 Å². The van der Waals surface area contributed by atoms with E-state index in [0.717, 1.165) is 12.1 Å². The molecule has 25 heavy (non-hydrogen) atoms. The summed E-state index contributed by atoms with van der Waals surface area (Å²) in [6.07, 6.45) is -0.636. The maximum absolute atomic E-state index is 11.9. The number of carbonyl (C=O) groups is 1. The molecule has 0 saturated heterocycles. The van der Waals surface area contributed by atoms with E-state index in [1.165, 1.54) is 7.11 Å². The first-order chi connectivity index (χ1) is 12.1. The van der Waals surface area contributed by atoms with E-state index in [2.05, 4.69) is 19.8 Å². The van der Waals surface area contributed by atoms with Crippen LogP contribution < -0.4 is 19.9 Å². The normalized spacial score (nSPS) is 10.6. The van der Waals surface area contributed by atoms with Gasteiger partial charge >= 0.3 is 6.09 Å². The Labute approximate surface area is 150 Å². The van der Waals surface area contributed by atoms with Crippen molar-refractivity contribution in [2.24, 2.45) is 0 Å². The van der Waals surface area contributed by atoms with Crippen molar-refractivity contribution in [3.8, 4) is 11.5 Å². The van der Waals surface area contributed by atoms with Gasteiger partial charge in [-0.05, 0) is 24.6 Å². The summed E-state index contributed by atoms with van der Waals surface area (Å²) in [6, 6.07) is 3.47. The molecular formula is C16H27N2O6P. The van der Waals surface area contributed by atoms with Gasteiger partial charge in [-0.25, -0.2) is 4.79 Å². The molecule has 1 amide bonds. The first-order valence-electron chi connectivity index (χ1n) is 7.95. The number of hydrogen-bond donors (Lipinski definition) is 3. The zero-order valence-electron chi connectivity index (χ0n) is 14.7. The molecule has 0 aromatic heterocycles. The molecular weight excluding hydrogens is 347 g/mol. The van der Waals surface area contributed by atoms with Crippen LogP contribution in [0.15, 0.2) is 12.1 Å². The SMILES string of the molecule is COc1cc(C)cc(CO)c1OC(=O)NCCOCCOCCNP. The van der Waals surface area contributed by atoms with Crippen molar-refractivity contribution in [1.29, 1.82) is 0 Å². The van der Waals surface area contributed by atoms with Crippen LogP contribution in [0.5, 0.6) is 11.5 Å². The van der Waals surface area contributed by atoms with Crippen LogP contribution in [-0.2, 0) is 16.1 Å². The highest BCUT2D eigenvalue weighted by atomic mass is 31.0. The van der Waals surface area contributed by atoms with Gasteiger partial charge in [0.15, 0.2) is 11.5 Å². The van der Waals surface area contributed by atoms with E-state index in [-0.39, 0.29) is 12.4 Å². The van der Waals surface area contributed by atoms with Crippen molar-refractivity contribution in [3.05, 3.63) is 23.3 Å². The lowest BCUT2D eigenvalue weighted by atomic mass is 10.1. The Balaban J connectivity index is 2.31. The number of methoxy groups -OCH3 is 1. The van der Waals surface area contributed by atoms with Crippen LogP contribution in [0.2, 0.25) is 0 Å². The lowest BCUT2D eigenvalue weighted by molar-refractivity contribution is 0.0513. The second-order valence-electron chi connectivity index (χ2n) is 5.11. The van der Waals surface area contributed by atoms with Gasteiger partial charge < -0.3 is 29.4 Å². The zero-order valence-corrected chi connectivity index (χ0v) is 15.8. The fourth-order valence-electron chi connectivity index (χ4n) is 2.00. The maximum Gasteiger partial charge on any atom is 0.412 e. The minimum absolute atomic E-state index is 0.213. The second kappa shape index (κ2) is 12.9. The lowest BCUT2D eigenvalue weighted by Gasteiger charge is -2.14. The number of amides is 1. The molecule has 0 aliphatic rings. The van der Waals surface area contributed by atoms with Crippen LogP contribution in [0.3, 0.4) is 0 Å². The third-order valence-electron chi connectivity index (χ3n) is 3.14. The third-order valence-corrected chi connectivity index (χ3v) is 3.43. The lowest BCUT2D eigenvalue weighted by Crippen LogP contribution is -2.30. The van der Waals surface area contributed by atoms with Crippen LogP contribution in [0.1, 0.15) is 11.1 Å². The number of benzene rings is 1. The molecule has 1 aromatic carbocycles. The Kier molecular flexibility index (Phi) is 11.1. The molecule has 1 atom stereocenters. The largest absolute Gasteiger partial charge is 0.493 e. The molecule has 142 valence electrons. The summed E-state index contributed by atoms with van der Waals surface area (Å²) in [5, 5.41) is 14.9. The topological polar surface area (TPSA) is 98.3 Å². The highest BCUT2D eigenvalue weighted by Gasteiger charge is 2.15. The van der Waals surface area contributed by atoms with Crippen molar-refractivity contribution < 1.29 is 28.8 Å². The Bertz CT molecular complexity index is 504. The molecule has 0 spiro atoms. The summed E-state index contributed by atoms with van der Waals surface area (Å²) in [5.41, 5.74) is 1.39. The number of nitrogens with one attached hydrogen (secondary N) is 2. The number of aryl methyl sites for hydroxylation is 1. The van der Waals surface area contributed by atoms with E-state index in [9.17, 15) is 9.90 Å². The van der Waals surface area contributed by atoms with Gasteiger partial charge in [0.2, 0.25) is 0 Å². The fraction of sp³-hybridized carbons (Fsp3) is 0.562. The first kappa shape index (κ1) is 21.6. The highest BCUT2D eigenvalue weighted by molar-refractivity contribution is 7.13. The number of rotatable bonds is 12. The number of carbonyl (C=O) groups excluding carboxylic acids is 1. The Hall–Kier alpha value is -1.44. The van der Waals surface area contributed by atoms with Crippen molar-refractivity contribution in [1.82, 2.24) is 10.4 Å². The molecule has 0 aliphatic heterocycles. The summed E-state index contributed by atoms with van der Waals surface area (Å²) in [4.78, 5) is 11.9. The van der Waals surface area contributed by atoms with E-state index in [4.69, 9.17) is 18.9 Å². The van der Waals surface area contributed by atoms with Gasteiger partial charge in [-0.2, -0.15) is 0 Å². The minimum Gasteiger partial charge on any atom is -0.493 e. The molecule has 3 N–H and O–H groups in total. The van der Waals surface area contributed by atoms with Gasteiger partial charge in [0.05, 0.1) is 40.1 Å². The van der Waals surface area contributed by atoms with Crippen LogP contribution in [0.4, 0.5) is 4.79 Å². The van der Waals surface area contributed by atoms with Gasteiger partial charge in [-0.3, -0.25) is 5.09 Å². The molecule has 1 aromatic rings. The predicted molar refractivity (Wildman–Crippen MR) is 97.0 cm³/mol. The van der Waals surface area contributed by atoms with Crippen molar-refractivity contribution >= 4 is 15.5 Å². The molecule has 8 nitrogen and oxygen atoms in total. The molecule has 1 unspecified atom stereocenters. The molecule has 1 rings (SSSR count). The van der Waals surface area contributed by atoms with Gasteiger partial charge in [0.25, 0.3) is 0 Å². The van der Waals surface area contributed by atoms with Crippen LogP contribution >= 0.6 is 9.39 Å². The molecule has 0 bridgehead atoms. The smallest absolute Gasteiger partial charge is 0.412 e. The predicted octanol–water partition coefficient (Wildman–Crippen LogP) is 0.997. The van der Waals surface area contributed by atoms with E-state index in [1.54, 1.807) is 12.1 Å². The Morgan fingerprint density at radius 2 is 1.84 bits per heavy atom. The summed E-state index contributed by atoms with van der Waals surface area (Å²) >= 11 is 0. The van der Waals surface area contributed by atoms with Gasteiger partial charge in [-0.1, -0.05) is 9.39 Å². The van der Waals surface area contributed by atoms with Gasteiger partial charge in [0.1, 0.15) is 0 Å². The average molecular weight is 374 g/mol. The van der Waals surface area contributed by atoms with E-state index >= 15 is 0 Å². The number of ether oxygens (including phenoxy) is 4. The summed E-state index contributed by atoms with van der Waals surface area (Å²) < 4.78 is 21.1. The molecule has 0 saturated carbocycles. The quantitative estimate of drug-likeness (QED) is 0.371. The molecule has 0 aliphatic carbocycles. The third kappa shape index (κ3) is 8.47. The Morgan fingerprint density at radius 1 is 1.16 bits per heavy atom. The van der Waals surface area contributed by atoms with Crippen LogP contribution in [0, 0.1) is 6.92 Å². The number of hydrogen-bond acceptors (Lipinski definition) is 7. The summed E-state index contributed by atoms with van der Waals surface area (Å²) in [7, 11) is 3.88. The fourth-order valence-corrected chi connectivity index (χ4v) is 2.12. The van der Waals surface area contributed by atoms with Gasteiger partial charge in [-0.15, -0.1) is 0 Å². The van der Waals surface area contributed by atoms with Crippen LogP contribution in [-0.4, -0.2) is 57.8 Å². The molecule has 0 heterocycles. The maximum atomic E-state index is 11.9. The van der Waals surface area contributed by atoms with Crippen molar-refractivity contribution in [3.63, 3.8) is 0 Å².